The number of halogens is 1. The van der Waals surface area contributed by atoms with Gasteiger partial charge in [0.25, 0.3) is 5.56 Å². The van der Waals surface area contributed by atoms with E-state index in [1.54, 1.807) is 41.0 Å². The van der Waals surface area contributed by atoms with E-state index in [-0.39, 0.29) is 30.1 Å². The van der Waals surface area contributed by atoms with Gasteiger partial charge in [-0.1, -0.05) is 23.4 Å². The molecular weight excluding hydrogens is 454 g/mol. The molecule has 8 nitrogen and oxygen atoms in total. The maximum Gasteiger partial charge on any atom is 0.262 e. The zero-order valence-corrected chi connectivity index (χ0v) is 18.6. The van der Waals surface area contributed by atoms with E-state index < -0.39 is 0 Å². The Hall–Kier alpha value is -2.75. The summed E-state index contributed by atoms with van der Waals surface area (Å²) in [5.74, 6) is 1.10. The SMILES string of the molecule is O=C(CSc1nc2cc(Cl)ccc2c(=O)n1CC1CCCO1)Nc1ccc2c(c1)OCO2. The number of thioether (sulfide) groups is 1. The van der Waals surface area contributed by atoms with Crippen LogP contribution in [0.3, 0.4) is 0 Å². The van der Waals surface area contributed by atoms with Gasteiger partial charge in [-0.2, -0.15) is 0 Å². The number of amides is 1. The summed E-state index contributed by atoms with van der Waals surface area (Å²) in [4.78, 5) is 30.4. The van der Waals surface area contributed by atoms with E-state index in [1.807, 2.05) is 0 Å². The second-order valence-electron chi connectivity index (χ2n) is 7.51. The standard InChI is InChI=1S/C22H20ClN3O5S/c23-13-3-5-16-17(8-13)25-22(26(21(16)28)10-15-2-1-7-29-15)32-11-20(27)24-14-4-6-18-19(9-14)31-12-30-18/h3-6,8-9,15H,1-2,7,10-12H2,(H,24,27). The Morgan fingerprint density at radius 3 is 2.94 bits per heavy atom. The molecule has 5 rings (SSSR count). The van der Waals surface area contributed by atoms with Gasteiger partial charge in [-0.3, -0.25) is 14.2 Å². The Morgan fingerprint density at radius 2 is 2.09 bits per heavy atom. The van der Waals surface area contributed by atoms with E-state index >= 15 is 0 Å². The third-order valence-corrected chi connectivity index (χ3v) is 6.49. The minimum absolute atomic E-state index is 0.0407. The highest BCUT2D eigenvalue weighted by molar-refractivity contribution is 7.99. The molecule has 0 saturated carbocycles. The van der Waals surface area contributed by atoms with E-state index in [0.29, 0.717) is 51.4 Å². The van der Waals surface area contributed by atoms with E-state index in [0.717, 1.165) is 12.8 Å². The third kappa shape index (κ3) is 4.41. The van der Waals surface area contributed by atoms with Crippen LogP contribution in [-0.2, 0) is 16.1 Å². The number of carbonyl (C=O) groups excluding carboxylic acids is 1. The molecule has 1 aromatic heterocycles. The average molecular weight is 474 g/mol. The summed E-state index contributed by atoms with van der Waals surface area (Å²) in [6.07, 6.45) is 1.82. The highest BCUT2D eigenvalue weighted by Gasteiger charge is 2.21. The van der Waals surface area contributed by atoms with Crippen LogP contribution in [0.5, 0.6) is 11.5 Å². The van der Waals surface area contributed by atoms with E-state index in [9.17, 15) is 9.59 Å². The predicted molar refractivity (Wildman–Crippen MR) is 122 cm³/mol. The molecule has 2 aliphatic rings. The van der Waals surface area contributed by atoms with Crippen molar-refractivity contribution in [2.45, 2.75) is 30.6 Å². The van der Waals surface area contributed by atoms with Crippen LogP contribution in [0.4, 0.5) is 5.69 Å². The van der Waals surface area contributed by atoms with Gasteiger partial charge in [0.2, 0.25) is 12.7 Å². The number of nitrogens with one attached hydrogen (secondary N) is 1. The quantitative estimate of drug-likeness (QED) is 0.431. The van der Waals surface area contributed by atoms with Crippen LogP contribution in [0.15, 0.2) is 46.3 Å². The van der Waals surface area contributed by atoms with Crippen LogP contribution in [0.2, 0.25) is 5.02 Å². The normalized spacial score (nSPS) is 17.1. The summed E-state index contributed by atoms with van der Waals surface area (Å²) >= 11 is 7.30. The summed E-state index contributed by atoms with van der Waals surface area (Å²) in [7, 11) is 0. The molecular formula is C22H20ClN3O5S. The van der Waals surface area contributed by atoms with E-state index in [1.165, 1.54) is 11.8 Å². The smallest absolute Gasteiger partial charge is 0.262 e. The number of nitrogens with zero attached hydrogens (tertiary/aromatic N) is 2. The lowest BCUT2D eigenvalue weighted by Crippen LogP contribution is -2.29. The van der Waals surface area contributed by atoms with Crippen molar-refractivity contribution in [2.24, 2.45) is 0 Å². The van der Waals surface area contributed by atoms with Crippen molar-refractivity contribution in [1.29, 1.82) is 0 Å². The molecule has 32 heavy (non-hydrogen) atoms. The lowest BCUT2D eigenvalue weighted by atomic mass is 10.2. The molecule has 10 heteroatoms. The van der Waals surface area contributed by atoms with Crippen molar-refractivity contribution in [3.05, 3.63) is 51.8 Å². The first-order chi connectivity index (χ1) is 15.6. The third-order valence-electron chi connectivity index (χ3n) is 5.28. The summed E-state index contributed by atoms with van der Waals surface area (Å²) in [6, 6.07) is 10.2. The van der Waals surface area contributed by atoms with Gasteiger partial charge in [-0.15, -0.1) is 0 Å². The van der Waals surface area contributed by atoms with Crippen LogP contribution < -0.4 is 20.3 Å². The summed E-state index contributed by atoms with van der Waals surface area (Å²) in [5.41, 5.74) is 0.945. The van der Waals surface area contributed by atoms with Crippen LogP contribution >= 0.6 is 23.4 Å². The van der Waals surface area contributed by atoms with Crippen molar-refractivity contribution >= 4 is 45.9 Å². The van der Waals surface area contributed by atoms with Crippen LogP contribution in [-0.4, -0.2) is 40.7 Å². The van der Waals surface area contributed by atoms with Crippen LogP contribution in [0, 0.1) is 0 Å². The van der Waals surface area contributed by atoms with E-state index in [4.69, 9.17) is 25.8 Å². The van der Waals surface area contributed by atoms with Gasteiger partial charge in [0, 0.05) is 23.4 Å². The molecule has 166 valence electrons. The molecule has 1 saturated heterocycles. The monoisotopic (exact) mass is 473 g/mol. The van der Waals surface area contributed by atoms with Gasteiger partial charge in [-0.25, -0.2) is 4.98 Å². The number of fused-ring (bicyclic) bond motifs is 2. The number of benzene rings is 2. The Kier molecular flexibility index (Phi) is 5.95. The lowest BCUT2D eigenvalue weighted by molar-refractivity contribution is -0.113. The molecule has 0 spiro atoms. The topological polar surface area (TPSA) is 91.7 Å². The molecule has 3 heterocycles. The molecule has 0 radical (unpaired) electrons. The number of carbonyl (C=O) groups is 1. The van der Waals surface area contributed by atoms with Gasteiger partial charge in [0.1, 0.15) is 0 Å². The molecule has 1 unspecified atom stereocenters. The molecule has 3 aromatic rings. The first kappa shape index (κ1) is 21.1. The van der Waals surface area contributed by atoms with Crippen LogP contribution in [0.25, 0.3) is 10.9 Å². The molecule has 1 atom stereocenters. The second-order valence-corrected chi connectivity index (χ2v) is 8.89. The Balaban J connectivity index is 1.37. The fourth-order valence-electron chi connectivity index (χ4n) is 3.74. The van der Waals surface area contributed by atoms with Gasteiger partial charge >= 0.3 is 0 Å². The van der Waals surface area contributed by atoms with Gasteiger partial charge in [-0.05, 0) is 43.2 Å². The number of ether oxygens (including phenoxy) is 3. The largest absolute Gasteiger partial charge is 0.454 e. The predicted octanol–water partition coefficient (Wildman–Crippen LogP) is 3.69. The first-order valence-corrected chi connectivity index (χ1v) is 11.6. The molecule has 1 fully saturated rings. The average Bonchev–Trinajstić information content (AvgIpc) is 3.46. The molecule has 0 aliphatic carbocycles. The summed E-state index contributed by atoms with van der Waals surface area (Å²) < 4.78 is 18.0. The number of anilines is 1. The number of hydrogen-bond acceptors (Lipinski definition) is 7. The maximum absolute atomic E-state index is 13.2. The van der Waals surface area contributed by atoms with Gasteiger partial charge in [0.05, 0.1) is 29.3 Å². The highest BCUT2D eigenvalue weighted by Crippen LogP contribution is 2.34. The van der Waals surface area contributed by atoms with Gasteiger partial charge in [0.15, 0.2) is 16.7 Å². The van der Waals surface area contributed by atoms with Crippen molar-refractivity contribution in [2.75, 3.05) is 24.5 Å². The molecule has 0 bridgehead atoms. The Bertz CT molecular complexity index is 1240. The fraction of sp³-hybridized carbons (Fsp3) is 0.318. The zero-order valence-electron chi connectivity index (χ0n) is 17.0. The number of hydrogen-bond donors (Lipinski definition) is 1. The fourth-order valence-corrected chi connectivity index (χ4v) is 4.71. The first-order valence-electron chi connectivity index (χ1n) is 10.2. The highest BCUT2D eigenvalue weighted by atomic mass is 35.5. The Morgan fingerprint density at radius 1 is 1.22 bits per heavy atom. The zero-order chi connectivity index (χ0) is 22.1. The number of rotatable bonds is 6. The molecule has 2 aromatic carbocycles. The maximum atomic E-state index is 13.2. The lowest BCUT2D eigenvalue weighted by Gasteiger charge is -2.16. The minimum Gasteiger partial charge on any atom is -0.454 e. The molecule has 1 amide bonds. The summed E-state index contributed by atoms with van der Waals surface area (Å²) in [5, 5.41) is 4.28. The minimum atomic E-state index is -0.224. The van der Waals surface area contributed by atoms with E-state index in [2.05, 4.69) is 10.3 Å². The van der Waals surface area contributed by atoms with Crippen molar-refractivity contribution < 1.29 is 19.0 Å². The van der Waals surface area contributed by atoms with Crippen molar-refractivity contribution in [3.63, 3.8) is 0 Å². The molecule has 1 N–H and O–H groups in total. The second kappa shape index (κ2) is 9.01. The van der Waals surface area contributed by atoms with Crippen LogP contribution in [0.1, 0.15) is 12.8 Å². The molecule has 2 aliphatic heterocycles. The van der Waals surface area contributed by atoms with Crippen molar-refractivity contribution in [3.8, 4) is 11.5 Å². The van der Waals surface area contributed by atoms with Crippen molar-refractivity contribution in [1.82, 2.24) is 9.55 Å². The van der Waals surface area contributed by atoms with Gasteiger partial charge < -0.3 is 19.5 Å². The Labute approximate surface area is 192 Å². The summed E-state index contributed by atoms with van der Waals surface area (Å²) in [6.45, 7) is 1.26. The number of aromatic nitrogens is 2.